The Labute approximate surface area is 245 Å². The molecule has 0 saturated carbocycles. The average molecular weight is 564 g/mol. The molecule has 2 atom stereocenters. The number of aromatic nitrogens is 1. The molecule has 1 N–H and O–H groups in total. The van der Waals surface area contributed by atoms with Gasteiger partial charge in [0.05, 0.1) is 31.4 Å². The van der Waals surface area contributed by atoms with Crippen LogP contribution in [0.2, 0.25) is 0 Å². The maximum atomic E-state index is 13.7. The van der Waals surface area contributed by atoms with Gasteiger partial charge in [-0.25, -0.2) is 4.98 Å². The number of ether oxygens (including phenoxy) is 2. The third-order valence-corrected chi connectivity index (χ3v) is 8.16. The number of rotatable bonds is 9. The highest BCUT2D eigenvalue weighted by atomic mass is 16.5. The van der Waals surface area contributed by atoms with Crippen LogP contribution in [0.5, 0.6) is 17.4 Å². The van der Waals surface area contributed by atoms with Crippen molar-refractivity contribution in [2.45, 2.75) is 51.9 Å². The molecule has 8 heteroatoms. The van der Waals surface area contributed by atoms with Gasteiger partial charge in [-0.05, 0) is 61.6 Å². The van der Waals surface area contributed by atoms with E-state index >= 15 is 0 Å². The number of anilines is 1. The number of carbonyl (C=O) groups excluding carboxylic acids is 2. The monoisotopic (exact) mass is 563 g/mol. The molecule has 2 aliphatic heterocycles. The molecule has 3 heterocycles. The van der Waals surface area contributed by atoms with Crippen molar-refractivity contribution >= 4 is 17.5 Å². The van der Waals surface area contributed by atoms with Crippen LogP contribution >= 0.6 is 0 Å². The first kappa shape index (κ1) is 27.3. The van der Waals surface area contributed by atoms with Crippen molar-refractivity contribution in [1.29, 1.82) is 0 Å². The number of hydrogen-bond donors (Lipinski definition) is 1. The highest BCUT2D eigenvalue weighted by molar-refractivity contribution is 6.10. The van der Waals surface area contributed by atoms with E-state index in [1.807, 2.05) is 68.4 Å². The highest BCUT2D eigenvalue weighted by Gasteiger charge is 2.34. The molecule has 0 aliphatic carbocycles. The van der Waals surface area contributed by atoms with Crippen molar-refractivity contribution in [3.8, 4) is 17.4 Å². The Kier molecular flexibility index (Phi) is 7.29. The Morgan fingerprint density at radius 2 is 1.67 bits per heavy atom. The largest absolute Gasteiger partial charge is 0.493 e. The van der Waals surface area contributed by atoms with Crippen LogP contribution in [0.25, 0.3) is 0 Å². The first-order valence-corrected chi connectivity index (χ1v) is 14.1. The zero-order valence-corrected chi connectivity index (χ0v) is 23.9. The highest BCUT2D eigenvalue weighted by Crippen LogP contribution is 2.38. The van der Waals surface area contributed by atoms with Gasteiger partial charge in [-0.3, -0.25) is 9.59 Å². The lowest BCUT2D eigenvalue weighted by Crippen LogP contribution is -2.27. The number of aromatic hydroxyl groups is 1. The van der Waals surface area contributed by atoms with Crippen LogP contribution in [-0.2, 0) is 19.5 Å². The average Bonchev–Trinajstić information content (AvgIpc) is 3.51. The van der Waals surface area contributed by atoms with E-state index in [-0.39, 0.29) is 29.8 Å². The fourth-order valence-corrected chi connectivity index (χ4v) is 5.70. The molecule has 8 nitrogen and oxygen atoms in total. The van der Waals surface area contributed by atoms with Gasteiger partial charge in [0, 0.05) is 41.7 Å². The lowest BCUT2D eigenvalue weighted by atomic mass is 10.0. The molecule has 2 aliphatic rings. The topological polar surface area (TPSA) is 92.2 Å². The number of methoxy groups -OCH3 is 1. The summed E-state index contributed by atoms with van der Waals surface area (Å²) in [6.07, 6.45) is 3.23. The molecule has 3 aromatic carbocycles. The minimum absolute atomic E-state index is 0.0518. The molecule has 4 aromatic rings. The number of amides is 2. The number of carbonyl (C=O) groups is 2. The van der Waals surface area contributed by atoms with Crippen LogP contribution < -0.4 is 14.4 Å². The zero-order valence-electron chi connectivity index (χ0n) is 23.9. The van der Waals surface area contributed by atoms with Gasteiger partial charge in [-0.15, -0.1) is 0 Å². The third kappa shape index (κ3) is 5.16. The predicted molar refractivity (Wildman–Crippen MR) is 159 cm³/mol. The van der Waals surface area contributed by atoms with Crippen LogP contribution in [0.3, 0.4) is 0 Å². The smallest absolute Gasteiger partial charge is 0.258 e. The van der Waals surface area contributed by atoms with E-state index in [0.717, 1.165) is 35.2 Å². The molecule has 214 valence electrons. The molecule has 0 spiro atoms. The van der Waals surface area contributed by atoms with E-state index in [1.54, 1.807) is 16.9 Å². The summed E-state index contributed by atoms with van der Waals surface area (Å²) >= 11 is 0. The minimum Gasteiger partial charge on any atom is -0.493 e. The summed E-state index contributed by atoms with van der Waals surface area (Å²) in [6.45, 7) is 4.83. The summed E-state index contributed by atoms with van der Waals surface area (Å²) < 4.78 is 11.9. The third-order valence-electron chi connectivity index (χ3n) is 8.16. The van der Waals surface area contributed by atoms with Gasteiger partial charge in [0.15, 0.2) is 11.5 Å². The maximum Gasteiger partial charge on any atom is 0.258 e. The van der Waals surface area contributed by atoms with Gasteiger partial charge in [0.25, 0.3) is 11.8 Å². The number of aryl methyl sites for hydroxylation is 1. The van der Waals surface area contributed by atoms with E-state index in [9.17, 15) is 14.7 Å². The molecule has 0 radical (unpaired) electrons. The Balaban J connectivity index is 1.18. The van der Waals surface area contributed by atoms with E-state index in [2.05, 4.69) is 17.1 Å². The molecular weight excluding hydrogens is 530 g/mol. The molecule has 0 saturated heterocycles. The Morgan fingerprint density at radius 1 is 0.881 bits per heavy atom. The molecule has 2 unspecified atom stereocenters. The van der Waals surface area contributed by atoms with Gasteiger partial charge in [0.2, 0.25) is 5.88 Å². The van der Waals surface area contributed by atoms with E-state index in [4.69, 9.17) is 9.47 Å². The number of fused-ring (bicyclic) bond motifs is 2. The fraction of sp³-hybridized carbons (Fsp3) is 0.265. The summed E-state index contributed by atoms with van der Waals surface area (Å²) in [7, 11) is 1.61. The van der Waals surface area contributed by atoms with Crippen molar-refractivity contribution in [3.05, 3.63) is 112 Å². The predicted octanol–water partition coefficient (Wildman–Crippen LogP) is 6.07. The second-order valence-corrected chi connectivity index (χ2v) is 10.9. The van der Waals surface area contributed by atoms with E-state index < -0.39 is 0 Å². The zero-order chi connectivity index (χ0) is 29.4. The number of benzene rings is 3. The molecular formula is C34H33N3O5. The first-order valence-electron chi connectivity index (χ1n) is 14.1. The second kappa shape index (κ2) is 11.2. The molecule has 6 rings (SSSR count). The van der Waals surface area contributed by atoms with Crippen molar-refractivity contribution in [2.24, 2.45) is 0 Å². The standard InChI is InChI=1S/C34H33N3O5/c1-21(9-10-23-7-5-4-6-8-23)42-31-16-27(13-14-30(31)41-3)37-19-25-12-11-24(15-28(25)34(37)40)22(2)36-20-26-18-35-32(38)17-29(26)33(36)39/h4-8,11-18,21-22H,9-10,19-20H2,1-3H3,(H,35,38). The molecule has 1 aromatic heterocycles. The van der Waals surface area contributed by atoms with Crippen molar-refractivity contribution < 1.29 is 24.2 Å². The summed E-state index contributed by atoms with van der Waals surface area (Å²) in [6, 6.07) is 22.9. The van der Waals surface area contributed by atoms with Crippen LogP contribution in [-0.4, -0.2) is 40.0 Å². The van der Waals surface area contributed by atoms with Crippen LogP contribution in [0.1, 0.15) is 69.3 Å². The van der Waals surface area contributed by atoms with Gasteiger partial charge in [0.1, 0.15) is 0 Å². The van der Waals surface area contributed by atoms with Crippen molar-refractivity contribution in [2.75, 3.05) is 12.0 Å². The van der Waals surface area contributed by atoms with Gasteiger partial charge in [-0.2, -0.15) is 0 Å². The molecule has 0 fully saturated rings. The normalized spacial score (nSPS) is 15.4. The second-order valence-electron chi connectivity index (χ2n) is 10.9. The molecule has 0 bridgehead atoms. The van der Waals surface area contributed by atoms with Crippen LogP contribution in [0.15, 0.2) is 79.0 Å². The van der Waals surface area contributed by atoms with Crippen molar-refractivity contribution in [1.82, 2.24) is 9.88 Å². The van der Waals surface area contributed by atoms with E-state index in [1.165, 1.54) is 17.8 Å². The van der Waals surface area contributed by atoms with Gasteiger partial charge in [-0.1, -0.05) is 42.5 Å². The number of hydrogen-bond acceptors (Lipinski definition) is 6. The maximum absolute atomic E-state index is 13.7. The Morgan fingerprint density at radius 3 is 2.45 bits per heavy atom. The quantitative estimate of drug-likeness (QED) is 0.266. The van der Waals surface area contributed by atoms with Crippen LogP contribution in [0, 0.1) is 0 Å². The van der Waals surface area contributed by atoms with E-state index in [0.29, 0.717) is 35.7 Å². The first-order chi connectivity index (χ1) is 20.3. The SMILES string of the molecule is COc1ccc(N2Cc3ccc(C(C)N4Cc5cnc(O)cc5C4=O)cc3C2=O)cc1OC(C)CCc1ccccc1. The number of nitrogens with zero attached hydrogens (tertiary/aromatic N) is 3. The Bertz CT molecular complexity index is 1650. The summed E-state index contributed by atoms with van der Waals surface area (Å²) in [4.78, 5) is 34.1. The summed E-state index contributed by atoms with van der Waals surface area (Å²) in [5, 5.41) is 9.73. The molecule has 2 amide bonds. The van der Waals surface area contributed by atoms with Crippen molar-refractivity contribution in [3.63, 3.8) is 0 Å². The fourth-order valence-electron chi connectivity index (χ4n) is 5.70. The number of pyridine rings is 1. The Hall–Kier alpha value is -4.85. The van der Waals surface area contributed by atoms with Crippen LogP contribution in [0.4, 0.5) is 5.69 Å². The van der Waals surface area contributed by atoms with Gasteiger partial charge >= 0.3 is 0 Å². The van der Waals surface area contributed by atoms with Gasteiger partial charge < -0.3 is 24.4 Å². The summed E-state index contributed by atoms with van der Waals surface area (Å²) in [5.41, 5.74) is 5.65. The summed E-state index contributed by atoms with van der Waals surface area (Å²) in [5.74, 6) is 0.782. The minimum atomic E-state index is -0.266. The molecule has 42 heavy (non-hydrogen) atoms. The lowest BCUT2D eigenvalue weighted by Gasteiger charge is -2.25. The lowest BCUT2D eigenvalue weighted by molar-refractivity contribution is 0.0715.